The van der Waals surface area contributed by atoms with Gasteiger partial charge in [-0.05, 0) is 18.3 Å². The summed E-state index contributed by atoms with van der Waals surface area (Å²) in [6.45, 7) is 6.14. The van der Waals surface area contributed by atoms with E-state index in [2.05, 4.69) is 24.0 Å². The van der Waals surface area contributed by atoms with Gasteiger partial charge in [0, 0.05) is 11.3 Å². The predicted octanol–water partition coefficient (Wildman–Crippen LogP) is 2.21. The molecule has 0 spiro atoms. The normalized spacial score (nSPS) is 32.4. The third kappa shape index (κ3) is 1.01. The molecule has 2 bridgehead atoms. The minimum atomic E-state index is -1.14. The monoisotopic (exact) mass is 248 g/mol. The zero-order valence-electron chi connectivity index (χ0n) is 10.7. The average molecular weight is 248 g/mol. The quantitative estimate of drug-likeness (QED) is 0.798. The molecular weight excluding hydrogens is 232 g/mol. The molecule has 1 heterocycles. The second-order valence-electron chi connectivity index (χ2n) is 6.14. The first-order valence-corrected chi connectivity index (χ1v) is 6.17. The van der Waals surface area contributed by atoms with E-state index >= 15 is 0 Å². The van der Waals surface area contributed by atoms with Gasteiger partial charge in [0.15, 0.2) is 11.5 Å². The molecule has 5 heteroatoms. The molecule has 1 aromatic heterocycles. The maximum absolute atomic E-state index is 12.7. The summed E-state index contributed by atoms with van der Waals surface area (Å²) in [7, 11) is 0. The molecule has 0 saturated heterocycles. The highest BCUT2D eigenvalue weighted by molar-refractivity contribution is 6.10. The van der Waals surface area contributed by atoms with E-state index in [9.17, 15) is 9.59 Å². The number of nitrogens with one attached hydrogen (secondary N) is 1. The maximum Gasteiger partial charge on any atom is 0.357 e. The minimum absolute atomic E-state index is 0.0672. The van der Waals surface area contributed by atoms with E-state index in [1.54, 1.807) is 0 Å². The number of aromatic carboxylic acids is 1. The number of hydrogen-bond acceptors (Lipinski definition) is 3. The van der Waals surface area contributed by atoms with Gasteiger partial charge >= 0.3 is 5.97 Å². The highest BCUT2D eigenvalue weighted by Gasteiger charge is 2.61. The Balaban J connectivity index is 2.30. The number of aromatic nitrogens is 2. The number of ketones is 1. The van der Waals surface area contributed by atoms with Crippen LogP contribution in [0.1, 0.15) is 66.1 Å². The summed E-state index contributed by atoms with van der Waals surface area (Å²) in [5.41, 5.74) is 0.283. The number of aromatic amines is 1. The molecule has 5 nitrogen and oxygen atoms in total. The molecule has 1 aromatic rings. The summed E-state index contributed by atoms with van der Waals surface area (Å²) in [5, 5.41) is 15.7. The Morgan fingerprint density at radius 3 is 2.72 bits per heavy atom. The van der Waals surface area contributed by atoms with Crippen molar-refractivity contribution in [1.82, 2.24) is 10.2 Å². The third-order valence-electron chi connectivity index (χ3n) is 5.30. The minimum Gasteiger partial charge on any atom is -0.476 e. The van der Waals surface area contributed by atoms with Crippen molar-refractivity contribution in [2.75, 3.05) is 0 Å². The molecule has 2 atom stereocenters. The lowest BCUT2D eigenvalue weighted by Gasteiger charge is -2.43. The number of rotatable bonds is 1. The topological polar surface area (TPSA) is 83.1 Å². The van der Waals surface area contributed by atoms with Crippen molar-refractivity contribution in [3.05, 3.63) is 17.0 Å². The smallest absolute Gasteiger partial charge is 0.357 e. The molecule has 0 radical (unpaired) electrons. The first kappa shape index (κ1) is 11.4. The van der Waals surface area contributed by atoms with Crippen molar-refractivity contribution >= 4 is 11.8 Å². The Hall–Kier alpha value is -1.65. The van der Waals surface area contributed by atoms with E-state index in [1.807, 2.05) is 6.92 Å². The number of carboxylic acid groups (broad SMARTS) is 1. The first-order chi connectivity index (χ1) is 8.30. The fourth-order valence-corrected chi connectivity index (χ4v) is 3.68. The Morgan fingerprint density at radius 1 is 1.44 bits per heavy atom. The lowest BCUT2D eigenvalue weighted by molar-refractivity contribution is 0.0535. The molecule has 0 aromatic carbocycles. The molecule has 2 aliphatic rings. The molecule has 2 unspecified atom stereocenters. The SMILES string of the molecule is CC12CCC(c3[nH]nc(C(=O)O)c3C1=O)C2(C)C. The van der Waals surface area contributed by atoms with E-state index < -0.39 is 11.4 Å². The number of carbonyl (C=O) groups excluding carboxylic acids is 1. The van der Waals surface area contributed by atoms with Crippen LogP contribution in [0.3, 0.4) is 0 Å². The van der Waals surface area contributed by atoms with Crippen LogP contribution in [0, 0.1) is 10.8 Å². The summed E-state index contributed by atoms with van der Waals surface area (Å²) in [4.78, 5) is 23.8. The largest absolute Gasteiger partial charge is 0.476 e. The van der Waals surface area contributed by atoms with Gasteiger partial charge in [-0.15, -0.1) is 0 Å². The first-order valence-electron chi connectivity index (χ1n) is 6.17. The van der Waals surface area contributed by atoms with E-state index in [0.717, 1.165) is 18.5 Å². The Kier molecular flexibility index (Phi) is 1.92. The van der Waals surface area contributed by atoms with E-state index in [-0.39, 0.29) is 22.8 Å². The molecule has 3 rings (SSSR count). The van der Waals surface area contributed by atoms with Crippen molar-refractivity contribution in [2.45, 2.75) is 39.5 Å². The van der Waals surface area contributed by atoms with E-state index in [0.29, 0.717) is 5.56 Å². The van der Waals surface area contributed by atoms with Gasteiger partial charge in [-0.2, -0.15) is 5.10 Å². The predicted molar refractivity (Wildman–Crippen MR) is 63.7 cm³/mol. The summed E-state index contributed by atoms with van der Waals surface area (Å²) in [5.74, 6) is -1.01. The standard InChI is InChI=1S/C13H16N2O3/c1-12(2)6-4-5-13(12,3)10(16)7-8(6)14-15-9(7)11(17)18/h6H,4-5H2,1-3H3,(H,14,15)(H,17,18). The van der Waals surface area contributed by atoms with Crippen molar-refractivity contribution < 1.29 is 14.7 Å². The number of hydrogen-bond donors (Lipinski definition) is 2. The summed E-state index contributed by atoms with van der Waals surface area (Å²) in [6, 6.07) is 0. The van der Waals surface area contributed by atoms with Gasteiger partial charge in [0.25, 0.3) is 0 Å². The molecule has 1 saturated carbocycles. The van der Waals surface area contributed by atoms with E-state index in [1.165, 1.54) is 0 Å². The molecule has 2 aliphatic carbocycles. The van der Waals surface area contributed by atoms with Crippen molar-refractivity contribution in [2.24, 2.45) is 10.8 Å². The maximum atomic E-state index is 12.7. The average Bonchev–Trinajstić information content (AvgIpc) is 2.76. The summed E-state index contributed by atoms with van der Waals surface area (Å²) >= 11 is 0. The molecular formula is C13H16N2O3. The second-order valence-corrected chi connectivity index (χ2v) is 6.14. The molecule has 18 heavy (non-hydrogen) atoms. The number of carboxylic acids is 1. The van der Waals surface area contributed by atoms with Crippen LogP contribution in [0.5, 0.6) is 0 Å². The Morgan fingerprint density at radius 2 is 2.11 bits per heavy atom. The number of carbonyl (C=O) groups is 2. The van der Waals surface area contributed by atoms with Crippen LogP contribution in [0.25, 0.3) is 0 Å². The van der Waals surface area contributed by atoms with Gasteiger partial charge in [-0.3, -0.25) is 9.89 Å². The Bertz CT molecular complexity index is 573. The van der Waals surface area contributed by atoms with Crippen LogP contribution in [-0.4, -0.2) is 27.1 Å². The van der Waals surface area contributed by atoms with Gasteiger partial charge < -0.3 is 5.11 Å². The van der Waals surface area contributed by atoms with Crippen molar-refractivity contribution in [3.63, 3.8) is 0 Å². The molecule has 2 N–H and O–H groups in total. The van der Waals surface area contributed by atoms with Crippen LogP contribution in [0.15, 0.2) is 0 Å². The molecule has 0 amide bonds. The van der Waals surface area contributed by atoms with Crippen LogP contribution < -0.4 is 0 Å². The second kappa shape index (κ2) is 3.02. The number of Topliss-reactive ketones (excluding diaryl/α,β-unsaturated/α-hetero) is 1. The summed E-state index contributed by atoms with van der Waals surface area (Å²) < 4.78 is 0. The molecule has 0 aliphatic heterocycles. The van der Waals surface area contributed by atoms with Gasteiger partial charge in [-0.1, -0.05) is 20.8 Å². The zero-order chi connectivity index (χ0) is 13.3. The number of fused-ring (bicyclic) bond motifs is 4. The molecule has 96 valence electrons. The highest BCUT2D eigenvalue weighted by atomic mass is 16.4. The van der Waals surface area contributed by atoms with Gasteiger partial charge in [0.2, 0.25) is 0 Å². The van der Waals surface area contributed by atoms with Gasteiger partial charge in [0.05, 0.1) is 11.3 Å². The Labute approximate surface area is 105 Å². The molecule has 1 fully saturated rings. The van der Waals surface area contributed by atoms with Gasteiger partial charge in [0.1, 0.15) is 0 Å². The number of H-pyrrole nitrogens is 1. The third-order valence-corrected chi connectivity index (χ3v) is 5.30. The van der Waals surface area contributed by atoms with Crippen LogP contribution >= 0.6 is 0 Å². The van der Waals surface area contributed by atoms with Gasteiger partial charge in [-0.25, -0.2) is 4.79 Å². The lowest BCUT2D eigenvalue weighted by atomic mass is 9.58. The van der Waals surface area contributed by atoms with E-state index in [4.69, 9.17) is 5.11 Å². The number of nitrogens with zero attached hydrogens (tertiary/aromatic N) is 1. The van der Waals surface area contributed by atoms with Crippen LogP contribution in [0.2, 0.25) is 0 Å². The van der Waals surface area contributed by atoms with Crippen molar-refractivity contribution in [1.29, 1.82) is 0 Å². The van der Waals surface area contributed by atoms with Crippen LogP contribution in [0.4, 0.5) is 0 Å². The van der Waals surface area contributed by atoms with Crippen molar-refractivity contribution in [3.8, 4) is 0 Å². The lowest BCUT2D eigenvalue weighted by Crippen LogP contribution is -2.44. The highest BCUT2D eigenvalue weighted by Crippen LogP contribution is 2.64. The van der Waals surface area contributed by atoms with Crippen LogP contribution in [-0.2, 0) is 0 Å². The summed E-state index contributed by atoms with van der Waals surface area (Å²) in [6.07, 6.45) is 1.72. The fourth-order valence-electron chi connectivity index (χ4n) is 3.68. The fraction of sp³-hybridized carbons (Fsp3) is 0.615. The zero-order valence-corrected chi connectivity index (χ0v) is 10.7.